The van der Waals surface area contributed by atoms with E-state index in [-0.39, 0.29) is 5.91 Å². The number of carbonyl (C=O) groups excluding carboxylic acids is 1. The Bertz CT molecular complexity index is 1230. The van der Waals surface area contributed by atoms with Crippen LogP contribution in [-0.2, 0) is 16.6 Å². The van der Waals surface area contributed by atoms with Crippen molar-refractivity contribution in [3.8, 4) is 0 Å². The number of rotatable bonds is 5. The quantitative estimate of drug-likeness (QED) is 0.588. The van der Waals surface area contributed by atoms with Gasteiger partial charge in [0, 0.05) is 60.4 Å². The first-order chi connectivity index (χ1) is 14.5. The molecule has 3 aromatic carbocycles. The van der Waals surface area contributed by atoms with E-state index in [0.29, 0.717) is 43.2 Å². The highest BCUT2D eigenvalue weighted by Crippen LogP contribution is 2.37. The standard InChI is InChI=1S/C22H22N4O3S/c27-22-18-3-1-2-17-19(8-9-20(25-22)21(17)18)24-14-15-4-6-16(7-5-15)30(28,29)26-12-10-23-11-13-26/h1-9,23-24H,10-14H2,(H,25,27). The maximum Gasteiger partial charge on any atom is 0.256 e. The van der Waals surface area contributed by atoms with Crippen molar-refractivity contribution in [2.24, 2.45) is 0 Å². The lowest BCUT2D eigenvalue weighted by atomic mass is 10.0. The van der Waals surface area contributed by atoms with E-state index in [9.17, 15) is 13.2 Å². The molecule has 8 heteroatoms. The van der Waals surface area contributed by atoms with Crippen LogP contribution >= 0.6 is 0 Å². The van der Waals surface area contributed by atoms with Gasteiger partial charge in [0.2, 0.25) is 10.0 Å². The number of benzene rings is 3. The molecule has 3 aromatic rings. The monoisotopic (exact) mass is 422 g/mol. The molecular formula is C22H22N4O3S. The smallest absolute Gasteiger partial charge is 0.256 e. The largest absolute Gasteiger partial charge is 0.380 e. The number of nitrogens with one attached hydrogen (secondary N) is 3. The Hall–Kier alpha value is -2.94. The fourth-order valence-electron chi connectivity index (χ4n) is 4.05. The Labute approximate surface area is 175 Å². The molecule has 2 heterocycles. The highest BCUT2D eigenvalue weighted by molar-refractivity contribution is 7.89. The van der Waals surface area contributed by atoms with Gasteiger partial charge in [-0.25, -0.2) is 8.42 Å². The zero-order chi connectivity index (χ0) is 20.7. The van der Waals surface area contributed by atoms with Crippen LogP contribution in [0, 0.1) is 0 Å². The Balaban J connectivity index is 1.34. The highest BCUT2D eigenvalue weighted by atomic mass is 32.2. The van der Waals surface area contributed by atoms with Crippen molar-refractivity contribution in [2.45, 2.75) is 11.4 Å². The van der Waals surface area contributed by atoms with Gasteiger partial charge in [-0.2, -0.15) is 4.31 Å². The van der Waals surface area contributed by atoms with Crippen molar-refractivity contribution in [1.29, 1.82) is 0 Å². The molecule has 1 saturated heterocycles. The van der Waals surface area contributed by atoms with Gasteiger partial charge in [-0.05, 0) is 35.9 Å². The van der Waals surface area contributed by atoms with E-state index < -0.39 is 10.0 Å². The summed E-state index contributed by atoms with van der Waals surface area (Å²) in [5, 5.41) is 11.4. The van der Waals surface area contributed by atoms with Gasteiger partial charge in [-0.15, -0.1) is 0 Å². The molecule has 154 valence electrons. The molecule has 0 saturated carbocycles. The molecule has 7 nitrogen and oxygen atoms in total. The molecule has 3 N–H and O–H groups in total. The second-order valence-electron chi connectivity index (χ2n) is 7.49. The van der Waals surface area contributed by atoms with Gasteiger partial charge >= 0.3 is 0 Å². The van der Waals surface area contributed by atoms with Crippen LogP contribution in [0.15, 0.2) is 59.5 Å². The lowest BCUT2D eigenvalue weighted by molar-refractivity contribution is 0.103. The summed E-state index contributed by atoms with van der Waals surface area (Å²) in [7, 11) is -3.45. The maximum absolute atomic E-state index is 12.8. The molecule has 0 radical (unpaired) electrons. The number of hydrogen-bond donors (Lipinski definition) is 3. The van der Waals surface area contributed by atoms with Crippen LogP contribution in [0.5, 0.6) is 0 Å². The second-order valence-corrected chi connectivity index (χ2v) is 9.43. The number of hydrogen-bond acceptors (Lipinski definition) is 5. The van der Waals surface area contributed by atoms with Crippen molar-refractivity contribution < 1.29 is 13.2 Å². The third-order valence-electron chi connectivity index (χ3n) is 5.65. The molecule has 30 heavy (non-hydrogen) atoms. The summed E-state index contributed by atoms with van der Waals surface area (Å²) in [6, 6.07) is 16.6. The Kier molecular flexibility index (Phi) is 4.69. The summed E-state index contributed by atoms with van der Waals surface area (Å²) in [5.41, 5.74) is 3.43. The molecule has 0 unspecified atom stereocenters. The van der Waals surface area contributed by atoms with Crippen LogP contribution in [0.4, 0.5) is 11.4 Å². The Morgan fingerprint density at radius 1 is 0.967 bits per heavy atom. The Morgan fingerprint density at radius 3 is 2.50 bits per heavy atom. The summed E-state index contributed by atoms with van der Waals surface area (Å²) in [6.45, 7) is 2.89. The molecule has 0 bridgehead atoms. The van der Waals surface area contributed by atoms with Crippen LogP contribution in [0.25, 0.3) is 10.8 Å². The van der Waals surface area contributed by atoms with Gasteiger partial charge in [0.1, 0.15) is 0 Å². The van der Waals surface area contributed by atoms with Gasteiger partial charge in [0.15, 0.2) is 0 Å². The van der Waals surface area contributed by atoms with E-state index in [2.05, 4.69) is 16.0 Å². The Morgan fingerprint density at radius 2 is 1.73 bits per heavy atom. The van der Waals surface area contributed by atoms with Crippen molar-refractivity contribution in [2.75, 3.05) is 36.8 Å². The minimum Gasteiger partial charge on any atom is -0.380 e. The van der Waals surface area contributed by atoms with E-state index in [1.807, 2.05) is 42.5 Å². The summed E-state index contributed by atoms with van der Waals surface area (Å²) < 4.78 is 27.1. The number of anilines is 2. The number of sulfonamides is 1. The summed E-state index contributed by atoms with van der Waals surface area (Å²) in [6.07, 6.45) is 0. The highest BCUT2D eigenvalue weighted by Gasteiger charge is 2.25. The summed E-state index contributed by atoms with van der Waals surface area (Å²) in [4.78, 5) is 12.4. The van der Waals surface area contributed by atoms with Crippen molar-refractivity contribution in [3.05, 3.63) is 65.7 Å². The molecule has 0 spiro atoms. The molecule has 5 rings (SSSR count). The molecule has 0 aromatic heterocycles. The van der Waals surface area contributed by atoms with Crippen LogP contribution in [0.1, 0.15) is 15.9 Å². The topological polar surface area (TPSA) is 90.5 Å². The third kappa shape index (κ3) is 3.23. The van der Waals surface area contributed by atoms with E-state index in [1.165, 1.54) is 4.31 Å². The summed E-state index contributed by atoms with van der Waals surface area (Å²) in [5.74, 6) is -0.0750. The predicted octanol–water partition coefficient (Wildman–Crippen LogP) is 2.61. The first-order valence-corrected chi connectivity index (χ1v) is 11.4. The van der Waals surface area contributed by atoms with E-state index in [0.717, 1.165) is 27.7 Å². The third-order valence-corrected chi connectivity index (χ3v) is 7.57. The minimum absolute atomic E-state index is 0.0750. The molecule has 0 aliphatic carbocycles. The van der Waals surface area contributed by atoms with Crippen molar-refractivity contribution >= 4 is 38.1 Å². The van der Waals surface area contributed by atoms with E-state index in [1.54, 1.807) is 12.1 Å². The predicted molar refractivity (Wildman–Crippen MR) is 117 cm³/mol. The van der Waals surface area contributed by atoms with Gasteiger partial charge in [-0.1, -0.05) is 24.3 Å². The van der Waals surface area contributed by atoms with E-state index >= 15 is 0 Å². The van der Waals surface area contributed by atoms with E-state index in [4.69, 9.17) is 0 Å². The van der Waals surface area contributed by atoms with Crippen molar-refractivity contribution in [1.82, 2.24) is 9.62 Å². The van der Waals surface area contributed by atoms with Gasteiger partial charge in [-0.3, -0.25) is 4.79 Å². The van der Waals surface area contributed by atoms with Crippen LogP contribution in [-0.4, -0.2) is 44.8 Å². The first kappa shape index (κ1) is 19.0. The molecule has 1 fully saturated rings. The van der Waals surface area contributed by atoms with Crippen LogP contribution in [0.2, 0.25) is 0 Å². The zero-order valence-corrected chi connectivity index (χ0v) is 17.1. The molecule has 0 atom stereocenters. The maximum atomic E-state index is 12.8. The lowest BCUT2D eigenvalue weighted by Crippen LogP contribution is -2.46. The van der Waals surface area contributed by atoms with Gasteiger partial charge in [0.05, 0.1) is 4.90 Å². The average molecular weight is 423 g/mol. The molecular weight excluding hydrogens is 400 g/mol. The summed E-state index contributed by atoms with van der Waals surface area (Å²) >= 11 is 0. The minimum atomic E-state index is -3.45. The second kappa shape index (κ2) is 7.39. The normalized spacial score (nSPS) is 16.6. The van der Waals surface area contributed by atoms with Crippen molar-refractivity contribution in [3.63, 3.8) is 0 Å². The van der Waals surface area contributed by atoms with Crippen LogP contribution < -0.4 is 16.0 Å². The lowest BCUT2D eigenvalue weighted by Gasteiger charge is -2.26. The number of carbonyl (C=O) groups is 1. The van der Waals surface area contributed by atoms with Gasteiger partial charge in [0.25, 0.3) is 5.91 Å². The first-order valence-electron chi connectivity index (χ1n) is 9.95. The molecule has 2 aliphatic rings. The molecule has 1 amide bonds. The average Bonchev–Trinajstić information content (AvgIpc) is 3.11. The number of amides is 1. The van der Waals surface area contributed by atoms with Gasteiger partial charge < -0.3 is 16.0 Å². The zero-order valence-electron chi connectivity index (χ0n) is 16.3. The number of piperazine rings is 1. The SMILES string of the molecule is O=C1Nc2ccc(NCc3ccc(S(=O)(=O)N4CCNCC4)cc3)c3cccc1c23. The van der Waals surface area contributed by atoms with Crippen LogP contribution in [0.3, 0.4) is 0 Å². The number of nitrogens with zero attached hydrogens (tertiary/aromatic N) is 1. The fraction of sp³-hybridized carbons (Fsp3) is 0.227. The fourth-order valence-corrected chi connectivity index (χ4v) is 5.50. The molecule has 2 aliphatic heterocycles.